The molecule has 1 heteroatoms. The number of rotatable bonds is 3. The first kappa shape index (κ1) is 8.47. The van der Waals surface area contributed by atoms with Crippen LogP contribution in [0.4, 0.5) is 0 Å². The molecule has 0 unspecified atom stereocenters. The SMILES string of the molecule is [CH]=C/C=C/C=C/c1ccncc1. The zero-order valence-corrected chi connectivity index (χ0v) is 6.72. The van der Waals surface area contributed by atoms with E-state index in [-0.39, 0.29) is 0 Å². The minimum absolute atomic E-state index is 1.13. The summed E-state index contributed by atoms with van der Waals surface area (Å²) in [6, 6.07) is 3.88. The van der Waals surface area contributed by atoms with Crippen molar-refractivity contribution >= 4 is 6.08 Å². The summed E-state index contributed by atoms with van der Waals surface area (Å²) in [5.41, 5.74) is 1.13. The molecule has 0 aliphatic carbocycles. The maximum absolute atomic E-state index is 5.15. The van der Waals surface area contributed by atoms with Crippen molar-refractivity contribution in [1.29, 1.82) is 0 Å². The average molecular weight is 156 g/mol. The van der Waals surface area contributed by atoms with Crippen LogP contribution in [0.1, 0.15) is 5.56 Å². The summed E-state index contributed by atoms with van der Waals surface area (Å²) in [4.78, 5) is 3.91. The largest absolute Gasteiger partial charge is 0.265 e. The van der Waals surface area contributed by atoms with Gasteiger partial charge in [-0.15, -0.1) is 0 Å². The number of nitrogens with zero attached hydrogens (tertiary/aromatic N) is 1. The molecule has 1 heterocycles. The van der Waals surface area contributed by atoms with E-state index in [0.717, 1.165) is 5.56 Å². The van der Waals surface area contributed by atoms with Gasteiger partial charge in [-0.25, -0.2) is 0 Å². The van der Waals surface area contributed by atoms with Crippen LogP contribution in [0.2, 0.25) is 0 Å². The molecule has 1 rings (SSSR count). The van der Waals surface area contributed by atoms with E-state index in [0.29, 0.717) is 0 Å². The molecule has 0 aromatic carbocycles. The first-order chi connectivity index (χ1) is 5.93. The van der Waals surface area contributed by atoms with E-state index in [4.69, 9.17) is 6.58 Å². The highest BCUT2D eigenvalue weighted by molar-refractivity contribution is 5.49. The third-order valence-corrected chi connectivity index (χ3v) is 1.33. The van der Waals surface area contributed by atoms with Gasteiger partial charge in [-0.2, -0.15) is 0 Å². The monoisotopic (exact) mass is 156 g/mol. The third-order valence-electron chi connectivity index (χ3n) is 1.33. The number of aromatic nitrogens is 1. The van der Waals surface area contributed by atoms with Crippen LogP contribution in [0.5, 0.6) is 0 Å². The Morgan fingerprint density at radius 1 is 1.08 bits per heavy atom. The Bertz CT molecular complexity index is 283. The van der Waals surface area contributed by atoms with E-state index in [1.54, 1.807) is 18.5 Å². The van der Waals surface area contributed by atoms with Crippen molar-refractivity contribution in [3.05, 3.63) is 61.0 Å². The lowest BCUT2D eigenvalue weighted by atomic mass is 10.2. The van der Waals surface area contributed by atoms with E-state index in [1.165, 1.54) is 6.08 Å². The minimum atomic E-state index is 1.13. The van der Waals surface area contributed by atoms with Crippen molar-refractivity contribution in [2.75, 3.05) is 0 Å². The maximum atomic E-state index is 5.15. The van der Waals surface area contributed by atoms with Gasteiger partial charge in [-0.1, -0.05) is 37.0 Å². The summed E-state index contributed by atoms with van der Waals surface area (Å²) >= 11 is 0. The Balaban J connectivity index is 2.58. The Hall–Kier alpha value is -1.63. The zero-order chi connectivity index (χ0) is 8.65. The van der Waals surface area contributed by atoms with Crippen molar-refractivity contribution in [3.8, 4) is 0 Å². The van der Waals surface area contributed by atoms with Gasteiger partial charge in [0.2, 0.25) is 0 Å². The Morgan fingerprint density at radius 2 is 1.83 bits per heavy atom. The van der Waals surface area contributed by atoms with Crippen molar-refractivity contribution in [2.45, 2.75) is 0 Å². The highest BCUT2D eigenvalue weighted by Gasteiger charge is 1.79. The van der Waals surface area contributed by atoms with Crippen molar-refractivity contribution in [1.82, 2.24) is 4.98 Å². The fourth-order valence-electron chi connectivity index (χ4n) is 0.770. The summed E-state index contributed by atoms with van der Waals surface area (Å²) < 4.78 is 0. The first-order valence-electron chi connectivity index (χ1n) is 3.72. The minimum Gasteiger partial charge on any atom is -0.265 e. The second kappa shape index (κ2) is 5.08. The molecule has 0 saturated heterocycles. The summed E-state index contributed by atoms with van der Waals surface area (Å²) in [7, 11) is 0. The predicted molar refractivity (Wildman–Crippen MR) is 51.3 cm³/mol. The Morgan fingerprint density at radius 3 is 2.50 bits per heavy atom. The van der Waals surface area contributed by atoms with Crippen LogP contribution in [-0.2, 0) is 0 Å². The van der Waals surface area contributed by atoms with Crippen LogP contribution >= 0.6 is 0 Å². The third kappa shape index (κ3) is 2.97. The molecule has 59 valence electrons. The van der Waals surface area contributed by atoms with E-state index in [2.05, 4.69) is 4.98 Å². The van der Waals surface area contributed by atoms with Gasteiger partial charge in [-0.05, 0) is 17.7 Å². The Labute approximate surface area is 72.8 Å². The smallest absolute Gasteiger partial charge is 0.0273 e. The van der Waals surface area contributed by atoms with Gasteiger partial charge in [0.15, 0.2) is 0 Å². The number of hydrogen-bond donors (Lipinski definition) is 0. The van der Waals surface area contributed by atoms with Gasteiger partial charge in [0.05, 0.1) is 0 Å². The number of hydrogen-bond acceptors (Lipinski definition) is 1. The second-order valence-electron chi connectivity index (χ2n) is 2.22. The molecule has 1 radical (unpaired) electrons. The topological polar surface area (TPSA) is 12.9 Å². The van der Waals surface area contributed by atoms with Crippen LogP contribution in [0.25, 0.3) is 6.08 Å². The molecule has 1 aromatic rings. The van der Waals surface area contributed by atoms with E-state index in [9.17, 15) is 0 Å². The van der Waals surface area contributed by atoms with Gasteiger partial charge < -0.3 is 0 Å². The van der Waals surface area contributed by atoms with Gasteiger partial charge >= 0.3 is 0 Å². The average Bonchev–Trinajstić information content (AvgIpc) is 2.14. The molecule has 1 aromatic heterocycles. The van der Waals surface area contributed by atoms with Crippen LogP contribution < -0.4 is 0 Å². The van der Waals surface area contributed by atoms with Crippen molar-refractivity contribution < 1.29 is 0 Å². The fourth-order valence-corrected chi connectivity index (χ4v) is 0.770. The van der Waals surface area contributed by atoms with Crippen LogP contribution in [0, 0.1) is 6.58 Å². The quantitative estimate of drug-likeness (QED) is 0.613. The van der Waals surface area contributed by atoms with Gasteiger partial charge in [0.1, 0.15) is 0 Å². The molecule has 0 saturated carbocycles. The molecule has 0 atom stereocenters. The molecular weight excluding hydrogens is 146 g/mol. The van der Waals surface area contributed by atoms with Gasteiger partial charge in [-0.3, -0.25) is 4.98 Å². The summed E-state index contributed by atoms with van der Waals surface area (Å²) in [5, 5.41) is 0. The molecule has 0 aliphatic heterocycles. The standard InChI is InChI=1S/C11H10N/c1-2-3-4-5-6-11-7-9-12-10-8-11/h1-10H/b2-1?,4-3+,6-5+. The van der Waals surface area contributed by atoms with Crippen LogP contribution in [0.3, 0.4) is 0 Å². The predicted octanol–water partition coefficient (Wildman–Crippen LogP) is 2.64. The molecule has 0 N–H and O–H groups in total. The fraction of sp³-hybridized carbons (Fsp3) is 0. The molecule has 0 aliphatic rings. The molecule has 0 fully saturated rings. The molecule has 1 nitrogen and oxygen atoms in total. The summed E-state index contributed by atoms with van der Waals surface area (Å²) in [6.07, 6.45) is 12.6. The Kier molecular flexibility index (Phi) is 3.58. The van der Waals surface area contributed by atoms with Crippen molar-refractivity contribution in [3.63, 3.8) is 0 Å². The highest BCUT2D eigenvalue weighted by atomic mass is 14.6. The molecule has 0 bridgehead atoms. The number of allylic oxidation sites excluding steroid dienone is 4. The maximum Gasteiger partial charge on any atom is 0.0273 e. The van der Waals surface area contributed by atoms with Crippen LogP contribution in [-0.4, -0.2) is 4.98 Å². The first-order valence-corrected chi connectivity index (χ1v) is 3.72. The van der Waals surface area contributed by atoms with E-state index in [1.807, 2.05) is 30.4 Å². The van der Waals surface area contributed by atoms with Crippen molar-refractivity contribution in [2.24, 2.45) is 0 Å². The van der Waals surface area contributed by atoms with Gasteiger partial charge in [0, 0.05) is 12.4 Å². The summed E-state index contributed by atoms with van der Waals surface area (Å²) in [5.74, 6) is 0. The normalized spacial score (nSPS) is 11.0. The highest BCUT2D eigenvalue weighted by Crippen LogP contribution is 1.98. The van der Waals surface area contributed by atoms with E-state index < -0.39 is 0 Å². The zero-order valence-electron chi connectivity index (χ0n) is 6.72. The van der Waals surface area contributed by atoms with Gasteiger partial charge in [0.25, 0.3) is 0 Å². The molecule has 0 spiro atoms. The lowest BCUT2D eigenvalue weighted by Crippen LogP contribution is -1.70. The number of pyridine rings is 1. The summed E-state index contributed by atoms with van der Waals surface area (Å²) in [6.45, 7) is 5.15. The lowest BCUT2D eigenvalue weighted by molar-refractivity contribution is 1.32. The second-order valence-corrected chi connectivity index (χ2v) is 2.22. The van der Waals surface area contributed by atoms with E-state index >= 15 is 0 Å². The van der Waals surface area contributed by atoms with Crippen LogP contribution in [0.15, 0.2) is 48.8 Å². The lowest BCUT2D eigenvalue weighted by Gasteiger charge is -1.87. The molecule has 12 heavy (non-hydrogen) atoms. The molecular formula is C11H10N. The molecule has 0 amide bonds.